The molecule has 146 valence electrons. The highest BCUT2D eigenvalue weighted by atomic mass is 32.2. The first-order chi connectivity index (χ1) is 14.7. The number of H-pyrrole nitrogens is 1. The Hall–Kier alpha value is -3.50. The Bertz CT molecular complexity index is 1420. The van der Waals surface area contributed by atoms with Crippen LogP contribution >= 0.6 is 11.8 Å². The second-order valence-corrected chi connectivity index (χ2v) is 8.13. The van der Waals surface area contributed by atoms with Crippen molar-refractivity contribution in [1.82, 2.24) is 4.98 Å². The van der Waals surface area contributed by atoms with Gasteiger partial charge in [0.2, 0.25) is 5.43 Å². The molecule has 4 aromatic carbocycles. The molecule has 0 aliphatic rings. The molecule has 0 aliphatic heterocycles. The Morgan fingerprint density at radius 2 is 1.53 bits per heavy atom. The van der Waals surface area contributed by atoms with Crippen molar-refractivity contribution in [2.75, 3.05) is 7.11 Å². The summed E-state index contributed by atoms with van der Waals surface area (Å²) in [4.78, 5) is 18.7. The van der Waals surface area contributed by atoms with E-state index in [0.29, 0.717) is 10.3 Å². The van der Waals surface area contributed by atoms with Gasteiger partial charge in [-0.05, 0) is 64.9 Å². The number of benzene rings is 4. The van der Waals surface area contributed by atoms with Crippen LogP contribution in [-0.2, 0) is 0 Å². The lowest BCUT2D eigenvalue weighted by Gasteiger charge is -2.12. The number of ether oxygens (including phenoxy) is 1. The lowest BCUT2D eigenvalue weighted by molar-refractivity contribution is 0.415. The van der Waals surface area contributed by atoms with Gasteiger partial charge in [-0.3, -0.25) is 4.79 Å². The highest BCUT2D eigenvalue weighted by Crippen LogP contribution is 2.35. The van der Waals surface area contributed by atoms with Gasteiger partial charge in [-0.25, -0.2) is 0 Å². The fourth-order valence-electron chi connectivity index (χ4n) is 3.62. The van der Waals surface area contributed by atoms with Crippen molar-refractivity contribution in [2.24, 2.45) is 0 Å². The van der Waals surface area contributed by atoms with E-state index in [-0.39, 0.29) is 5.43 Å². The number of methoxy groups -OCH3 is 1. The Balaban J connectivity index is 1.69. The molecule has 5 aromatic rings. The maximum Gasteiger partial charge on any atom is 0.203 e. The Labute approximate surface area is 178 Å². The standard InChI is InChI=1S/C26H19NO2S/c1-29-20-13-10-18(11-14-20)24-26(25(28)22-8-4-5-9-23(22)27-24)30-21-15-12-17-6-2-3-7-19(17)16-21/h2-16H,1H3,(H,27,28). The second kappa shape index (κ2) is 7.73. The molecule has 0 saturated carbocycles. The molecule has 4 heteroatoms. The summed E-state index contributed by atoms with van der Waals surface area (Å²) < 4.78 is 5.29. The minimum absolute atomic E-state index is 0.0355. The van der Waals surface area contributed by atoms with Gasteiger partial charge in [0.05, 0.1) is 17.7 Å². The van der Waals surface area contributed by atoms with Crippen LogP contribution in [0.2, 0.25) is 0 Å². The van der Waals surface area contributed by atoms with E-state index in [1.165, 1.54) is 17.1 Å². The summed E-state index contributed by atoms with van der Waals surface area (Å²) >= 11 is 1.50. The Kier molecular flexibility index (Phi) is 4.77. The summed E-state index contributed by atoms with van der Waals surface area (Å²) in [6, 6.07) is 30.0. The van der Waals surface area contributed by atoms with E-state index in [1.807, 2.05) is 60.7 Å². The van der Waals surface area contributed by atoms with Gasteiger partial charge in [-0.2, -0.15) is 0 Å². The summed E-state index contributed by atoms with van der Waals surface area (Å²) in [7, 11) is 1.65. The number of hydrogen-bond donors (Lipinski definition) is 1. The average Bonchev–Trinajstić information content (AvgIpc) is 2.81. The monoisotopic (exact) mass is 409 g/mol. The number of para-hydroxylation sites is 1. The molecule has 1 aromatic heterocycles. The molecular weight excluding hydrogens is 390 g/mol. The minimum atomic E-state index is 0.0355. The van der Waals surface area contributed by atoms with Crippen LogP contribution in [0.4, 0.5) is 0 Å². The van der Waals surface area contributed by atoms with E-state index < -0.39 is 0 Å². The number of hydrogen-bond acceptors (Lipinski definition) is 3. The van der Waals surface area contributed by atoms with Crippen LogP contribution in [0.1, 0.15) is 0 Å². The van der Waals surface area contributed by atoms with Crippen molar-refractivity contribution in [3.05, 3.63) is 101 Å². The SMILES string of the molecule is COc1ccc(-c2[nH]c3ccccc3c(=O)c2Sc2ccc3ccccc3c2)cc1. The van der Waals surface area contributed by atoms with Gasteiger partial charge in [0.1, 0.15) is 5.75 Å². The second-order valence-electron chi connectivity index (χ2n) is 7.04. The first kappa shape index (κ1) is 18.5. The zero-order valence-corrected chi connectivity index (χ0v) is 17.2. The van der Waals surface area contributed by atoms with Crippen molar-refractivity contribution in [1.29, 1.82) is 0 Å². The fraction of sp³-hybridized carbons (Fsp3) is 0.0385. The number of aromatic amines is 1. The van der Waals surface area contributed by atoms with E-state index >= 15 is 0 Å². The summed E-state index contributed by atoms with van der Waals surface area (Å²) in [5, 5.41) is 3.04. The van der Waals surface area contributed by atoms with Crippen LogP contribution < -0.4 is 10.2 Å². The van der Waals surface area contributed by atoms with Crippen LogP contribution in [0, 0.1) is 0 Å². The normalized spacial score (nSPS) is 11.1. The number of pyridine rings is 1. The maximum absolute atomic E-state index is 13.4. The molecule has 0 fully saturated rings. The van der Waals surface area contributed by atoms with Gasteiger partial charge in [0.15, 0.2) is 0 Å². The Morgan fingerprint density at radius 3 is 2.33 bits per heavy atom. The van der Waals surface area contributed by atoms with Crippen LogP contribution in [0.25, 0.3) is 32.9 Å². The molecule has 0 atom stereocenters. The molecule has 0 bridgehead atoms. The summed E-state index contributed by atoms with van der Waals surface area (Å²) in [6.07, 6.45) is 0. The summed E-state index contributed by atoms with van der Waals surface area (Å²) in [6.45, 7) is 0. The van der Waals surface area contributed by atoms with Gasteiger partial charge in [-0.15, -0.1) is 0 Å². The first-order valence-electron chi connectivity index (χ1n) is 9.69. The van der Waals surface area contributed by atoms with Crippen molar-refractivity contribution >= 4 is 33.4 Å². The van der Waals surface area contributed by atoms with Gasteiger partial charge >= 0.3 is 0 Å². The molecule has 0 amide bonds. The first-order valence-corrected chi connectivity index (χ1v) is 10.5. The van der Waals surface area contributed by atoms with E-state index in [0.717, 1.165) is 32.8 Å². The fourth-order valence-corrected chi connectivity index (χ4v) is 4.66. The lowest BCUT2D eigenvalue weighted by Crippen LogP contribution is -2.08. The minimum Gasteiger partial charge on any atom is -0.497 e. The molecule has 1 N–H and O–H groups in total. The topological polar surface area (TPSA) is 42.1 Å². The van der Waals surface area contributed by atoms with Crippen molar-refractivity contribution in [3.63, 3.8) is 0 Å². The van der Waals surface area contributed by atoms with Crippen LogP contribution in [0.15, 0.2) is 106 Å². The van der Waals surface area contributed by atoms with Gasteiger partial charge < -0.3 is 9.72 Å². The molecule has 5 rings (SSSR count). The molecular formula is C26H19NO2S. The molecule has 30 heavy (non-hydrogen) atoms. The van der Waals surface area contributed by atoms with E-state index in [1.54, 1.807) is 7.11 Å². The molecule has 0 aliphatic carbocycles. The Morgan fingerprint density at radius 1 is 0.800 bits per heavy atom. The summed E-state index contributed by atoms with van der Waals surface area (Å²) in [5.41, 5.74) is 2.63. The van der Waals surface area contributed by atoms with Crippen LogP contribution in [0.3, 0.4) is 0 Å². The van der Waals surface area contributed by atoms with Crippen molar-refractivity contribution in [2.45, 2.75) is 9.79 Å². The smallest absolute Gasteiger partial charge is 0.203 e. The van der Waals surface area contributed by atoms with Gasteiger partial charge in [0, 0.05) is 15.8 Å². The van der Waals surface area contributed by atoms with Crippen LogP contribution in [-0.4, -0.2) is 12.1 Å². The predicted molar refractivity (Wildman–Crippen MR) is 125 cm³/mol. The largest absolute Gasteiger partial charge is 0.497 e. The third kappa shape index (κ3) is 3.36. The lowest BCUT2D eigenvalue weighted by atomic mass is 10.1. The average molecular weight is 410 g/mol. The molecule has 1 heterocycles. The van der Waals surface area contributed by atoms with Gasteiger partial charge in [0.25, 0.3) is 0 Å². The maximum atomic E-state index is 13.4. The zero-order valence-electron chi connectivity index (χ0n) is 16.4. The highest BCUT2D eigenvalue weighted by Gasteiger charge is 2.15. The van der Waals surface area contributed by atoms with E-state index in [2.05, 4.69) is 35.3 Å². The zero-order chi connectivity index (χ0) is 20.5. The summed E-state index contributed by atoms with van der Waals surface area (Å²) in [5.74, 6) is 0.783. The number of aromatic nitrogens is 1. The third-order valence-electron chi connectivity index (χ3n) is 5.18. The molecule has 0 saturated heterocycles. The molecule has 3 nitrogen and oxygen atoms in total. The highest BCUT2D eigenvalue weighted by molar-refractivity contribution is 7.99. The molecule has 0 radical (unpaired) electrons. The van der Waals surface area contributed by atoms with Crippen molar-refractivity contribution in [3.8, 4) is 17.0 Å². The number of rotatable bonds is 4. The van der Waals surface area contributed by atoms with Crippen LogP contribution in [0.5, 0.6) is 5.75 Å². The molecule has 0 unspecified atom stereocenters. The number of nitrogens with one attached hydrogen (secondary N) is 1. The number of fused-ring (bicyclic) bond motifs is 2. The van der Waals surface area contributed by atoms with Crippen molar-refractivity contribution < 1.29 is 4.74 Å². The van der Waals surface area contributed by atoms with E-state index in [9.17, 15) is 4.79 Å². The molecule has 0 spiro atoms. The quantitative estimate of drug-likeness (QED) is 0.368. The third-order valence-corrected chi connectivity index (χ3v) is 6.27. The van der Waals surface area contributed by atoms with Gasteiger partial charge in [-0.1, -0.05) is 54.2 Å². The predicted octanol–water partition coefficient (Wildman–Crippen LogP) is 6.51. The van der Waals surface area contributed by atoms with E-state index in [4.69, 9.17) is 4.74 Å².